The maximum atomic E-state index is 4.46. The zero-order valence-corrected chi connectivity index (χ0v) is 13.2. The second kappa shape index (κ2) is 5.70. The molecule has 110 valence electrons. The molecule has 1 N–H and O–H groups in total. The third kappa shape index (κ3) is 3.85. The second-order valence-corrected chi connectivity index (χ2v) is 7.13. The normalized spacial score (nSPS) is 24.9. The van der Waals surface area contributed by atoms with Gasteiger partial charge in [-0.3, -0.25) is 4.99 Å². The number of rotatable bonds is 4. The SMILES string of the molecule is CN=C(NCC(C1CC1)N(C)C)N1CCC(C)(C)C1. The third-order valence-corrected chi connectivity index (χ3v) is 4.49. The summed E-state index contributed by atoms with van der Waals surface area (Å²) in [6.07, 6.45) is 4.03. The average Bonchev–Trinajstić information content (AvgIpc) is 3.09. The fraction of sp³-hybridized carbons (Fsp3) is 0.933. The molecule has 0 aromatic carbocycles. The number of nitrogens with one attached hydrogen (secondary N) is 1. The predicted molar refractivity (Wildman–Crippen MR) is 81.5 cm³/mol. The van der Waals surface area contributed by atoms with Gasteiger partial charge in [0.25, 0.3) is 0 Å². The highest BCUT2D eigenvalue weighted by molar-refractivity contribution is 5.80. The summed E-state index contributed by atoms with van der Waals surface area (Å²) < 4.78 is 0. The molecule has 1 heterocycles. The van der Waals surface area contributed by atoms with Gasteiger partial charge in [-0.25, -0.2) is 0 Å². The van der Waals surface area contributed by atoms with Gasteiger partial charge < -0.3 is 15.1 Å². The summed E-state index contributed by atoms with van der Waals surface area (Å²) in [5.41, 5.74) is 0.426. The molecule has 0 aromatic rings. The Labute approximate surface area is 118 Å². The van der Waals surface area contributed by atoms with E-state index in [1.165, 1.54) is 19.3 Å². The molecule has 1 saturated heterocycles. The van der Waals surface area contributed by atoms with Gasteiger partial charge in [0.15, 0.2) is 5.96 Å². The Morgan fingerprint density at radius 1 is 1.42 bits per heavy atom. The molecule has 4 heteroatoms. The highest BCUT2D eigenvalue weighted by Crippen LogP contribution is 2.34. The monoisotopic (exact) mass is 266 g/mol. The number of nitrogens with zero attached hydrogens (tertiary/aromatic N) is 3. The summed E-state index contributed by atoms with van der Waals surface area (Å²) in [5, 5.41) is 3.59. The lowest BCUT2D eigenvalue weighted by atomic mass is 9.93. The number of likely N-dealkylation sites (N-methyl/N-ethyl adjacent to an activating group) is 1. The lowest BCUT2D eigenvalue weighted by Crippen LogP contribution is -2.47. The van der Waals surface area contributed by atoms with E-state index >= 15 is 0 Å². The Bertz CT molecular complexity index is 329. The zero-order chi connectivity index (χ0) is 14.0. The lowest BCUT2D eigenvalue weighted by Gasteiger charge is -2.28. The Morgan fingerprint density at radius 2 is 2.11 bits per heavy atom. The smallest absolute Gasteiger partial charge is 0.193 e. The van der Waals surface area contributed by atoms with E-state index in [0.717, 1.165) is 31.5 Å². The van der Waals surface area contributed by atoms with E-state index < -0.39 is 0 Å². The molecule has 2 aliphatic rings. The Balaban J connectivity index is 1.86. The summed E-state index contributed by atoms with van der Waals surface area (Å²) in [7, 11) is 6.27. The minimum absolute atomic E-state index is 0.426. The molecular weight excluding hydrogens is 236 g/mol. The van der Waals surface area contributed by atoms with Crippen molar-refractivity contribution in [3.8, 4) is 0 Å². The molecule has 0 aromatic heterocycles. The summed E-state index contributed by atoms with van der Waals surface area (Å²) in [6, 6.07) is 0.646. The van der Waals surface area contributed by atoms with E-state index in [2.05, 4.69) is 48.1 Å². The van der Waals surface area contributed by atoms with Crippen molar-refractivity contribution in [2.24, 2.45) is 16.3 Å². The van der Waals surface area contributed by atoms with Crippen LogP contribution in [-0.2, 0) is 0 Å². The van der Waals surface area contributed by atoms with E-state index in [4.69, 9.17) is 0 Å². The molecule has 4 nitrogen and oxygen atoms in total. The maximum Gasteiger partial charge on any atom is 0.193 e. The number of hydrogen-bond acceptors (Lipinski definition) is 2. The van der Waals surface area contributed by atoms with Crippen molar-refractivity contribution in [2.75, 3.05) is 40.8 Å². The highest BCUT2D eigenvalue weighted by atomic mass is 15.3. The molecule has 1 saturated carbocycles. The van der Waals surface area contributed by atoms with E-state index in [9.17, 15) is 0 Å². The molecule has 2 fully saturated rings. The van der Waals surface area contributed by atoms with E-state index in [1.54, 1.807) is 0 Å². The Kier molecular flexibility index (Phi) is 4.39. The standard InChI is InChI=1S/C15H30N4/c1-15(2)8-9-19(11-15)14(16-3)17-10-13(18(4)5)12-6-7-12/h12-13H,6-11H2,1-5H3,(H,16,17). The third-order valence-electron chi connectivity index (χ3n) is 4.49. The van der Waals surface area contributed by atoms with Gasteiger partial charge in [0.2, 0.25) is 0 Å². The molecule has 19 heavy (non-hydrogen) atoms. The lowest BCUT2D eigenvalue weighted by molar-refractivity contribution is 0.261. The van der Waals surface area contributed by atoms with E-state index in [0.29, 0.717) is 11.5 Å². The summed E-state index contributed by atoms with van der Waals surface area (Å²) in [4.78, 5) is 9.22. The second-order valence-electron chi connectivity index (χ2n) is 7.13. The van der Waals surface area contributed by atoms with Crippen LogP contribution in [0.25, 0.3) is 0 Å². The van der Waals surface area contributed by atoms with Gasteiger partial charge in [0, 0.05) is 32.7 Å². The highest BCUT2D eigenvalue weighted by Gasteiger charge is 2.34. The summed E-state index contributed by atoms with van der Waals surface area (Å²) in [6.45, 7) is 7.94. The molecular formula is C15H30N4. The number of hydrogen-bond donors (Lipinski definition) is 1. The first-order chi connectivity index (χ1) is 8.93. The predicted octanol–water partition coefficient (Wildman–Crippen LogP) is 1.63. The van der Waals surface area contributed by atoms with Crippen LogP contribution in [0.5, 0.6) is 0 Å². The van der Waals surface area contributed by atoms with Gasteiger partial charge in [-0.1, -0.05) is 13.8 Å². The van der Waals surface area contributed by atoms with Gasteiger partial charge in [0.1, 0.15) is 0 Å². The maximum absolute atomic E-state index is 4.46. The van der Waals surface area contributed by atoms with E-state index in [-0.39, 0.29) is 0 Å². The molecule has 1 aliphatic heterocycles. The average molecular weight is 266 g/mol. The largest absolute Gasteiger partial charge is 0.355 e. The van der Waals surface area contributed by atoms with Crippen LogP contribution in [0.4, 0.5) is 0 Å². The quantitative estimate of drug-likeness (QED) is 0.620. The van der Waals surface area contributed by atoms with Crippen LogP contribution in [0.1, 0.15) is 33.1 Å². The first-order valence-corrected chi connectivity index (χ1v) is 7.55. The van der Waals surface area contributed by atoms with Gasteiger partial charge in [-0.15, -0.1) is 0 Å². The molecule has 0 radical (unpaired) electrons. The van der Waals surface area contributed by atoms with Gasteiger partial charge in [0.05, 0.1) is 0 Å². The van der Waals surface area contributed by atoms with Gasteiger partial charge in [-0.05, 0) is 44.7 Å². The van der Waals surface area contributed by atoms with Crippen LogP contribution >= 0.6 is 0 Å². The van der Waals surface area contributed by atoms with Crippen LogP contribution in [0.2, 0.25) is 0 Å². The minimum atomic E-state index is 0.426. The van der Waals surface area contributed by atoms with Crippen molar-refractivity contribution in [1.29, 1.82) is 0 Å². The van der Waals surface area contributed by atoms with Crippen LogP contribution in [0.3, 0.4) is 0 Å². The Hall–Kier alpha value is -0.770. The van der Waals surface area contributed by atoms with Crippen molar-refractivity contribution >= 4 is 5.96 Å². The van der Waals surface area contributed by atoms with E-state index in [1.807, 2.05) is 7.05 Å². The first kappa shape index (κ1) is 14.6. The molecule has 1 unspecified atom stereocenters. The van der Waals surface area contributed by atoms with Crippen molar-refractivity contribution in [3.05, 3.63) is 0 Å². The first-order valence-electron chi connectivity index (χ1n) is 7.55. The summed E-state index contributed by atoms with van der Waals surface area (Å²) >= 11 is 0. The zero-order valence-electron chi connectivity index (χ0n) is 13.2. The minimum Gasteiger partial charge on any atom is -0.355 e. The van der Waals surface area contributed by atoms with Crippen molar-refractivity contribution in [3.63, 3.8) is 0 Å². The number of guanidine groups is 1. The number of likely N-dealkylation sites (tertiary alicyclic amines) is 1. The topological polar surface area (TPSA) is 30.9 Å². The van der Waals surface area contributed by atoms with Gasteiger partial charge in [-0.2, -0.15) is 0 Å². The van der Waals surface area contributed by atoms with Crippen LogP contribution in [0, 0.1) is 11.3 Å². The molecule has 0 bridgehead atoms. The molecule has 2 rings (SSSR count). The molecule has 1 aliphatic carbocycles. The summed E-state index contributed by atoms with van der Waals surface area (Å²) in [5.74, 6) is 1.97. The molecule has 0 amide bonds. The van der Waals surface area contributed by atoms with Crippen molar-refractivity contribution < 1.29 is 0 Å². The molecule has 0 spiro atoms. The van der Waals surface area contributed by atoms with Crippen LogP contribution < -0.4 is 5.32 Å². The molecule has 1 atom stereocenters. The fourth-order valence-corrected chi connectivity index (χ4v) is 3.07. The fourth-order valence-electron chi connectivity index (χ4n) is 3.07. The number of aliphatic imine (C=N–C) groups is 1. The van der Waals surface area contributed by atoms with Crippen molar-refractivity contribution in [2.45, 2.75) is 39.2 Å². The van der Waals surface area contributed by atoms with Crippen LogP contribution in [0.15, 0.2) is 4.99 Å². The Morgan fingerprint density at radius 3 is 2.53 bits per heavy atom. The van der Waals surface area contributed by atoms with Crippen molar-refractivity contribution in [1.82, 2.24) is 15.1 Å². The van der Waals surface area contributed by atoms with Gasteiger partial charge >= 0.3 is 0 Å². The van der Waals surface area contributed by atoms with Crippen LogP contribution in [-0.4, -0.2) is 62.6 Å².